The zero-order chi connectivity index (χ0) is 14.7. The van der Waals surface area contributed by atoms with Gasteiger partial charge < -0.3 is 10.5 Å². The van der Waals surface area contributed by atoms with Gasteiger partial charge >= 0.3 is 0 Å². The quantitative estimate of drug-likeness (QED) is 0.767. The Labute approximate surface area is 119 Å². The van der Waals surface area contributed by atoms with E-state index in [4.69, 9.17) is 22.7 Å². The van der Waals surface area contributed by atoms with E-state index in [1.54, 1.807) is 26.0 Å². The molecule has 0 aliphatic heterocycles. The Morgan fingerprint density at radius 1 is 1.37 bits per heavy atom. The number of rotatable bonds is 6. The maximum absolute atomic E-state index is 12.0. The van der Waals surface area contributed by atoms with Gasteiger partial charge in [-0.3, -0.25) is 0 Å². The Morgan fingerprint density at radius 3 is 2.32 bits per heavy atom. The molecule has 0 saturated carbocycles. The van der Waals surface area contributed by atoms with Crippen LogP contribution < -0.4 is 10.5 Å². The highest BCUT2D eigenvalue weighted by molar-refractivity contribution is 7.89. The summed E-state index contributed by atoms with van der Waals surface area (Å²) in [6, 6.07) is 6.10. The molecule has 0 spiro atoms. The number of hydrogen-bond acceptors (Lipinski definition) is 4. The van der Waals surface area contributed by atoms with Crippen molar-refractivity contribution in [2.24, 2.45) is 5.73 Å². The molecule has 0 aliphatic rings. The van der Waals surface area contributed by atoms with E-state index in [1.807, 2.05) is 0 Å². The highest BCUT2D eigenvalue weighted by Crippen LogP contribution is 2.12. The Bertz CT molecular complexity index is 551. The van der Waals surface area contributed by atoms with Gasteiger partial charge in [-0.05, 0) is 26.0 Å². The number of hydrogen-bond donors (Lipinski definition) is 2. The second-order valence-corrected chi connectivity index (χ2v) is 6.88. The fraction of sp³-hybridized carbons (Fsp3) is 0.417. The molecule has 0 radical (unpaired) electrons. The van der Waals surface area contributed by atoms with E-state index in [1.165, 1.54) is 19.2 Å². The summed E-state index contributed by atoms with van der Waals surface area (Å²) in [6.07, 6.45) is 0. The largest absolute Gasteiger partial charge is 0.389 e. The fourth-order valence-corrected chi connectivity index (χ4v) is 2.56. The number of benzene rings is 1. The predicted molar refractivity (Wildman–Crippen MR) is 78.6 cm³/mol. The van der Waals surface area contributed by atoms with Crippen LogP contribution in [0.3, 0.4) is 0 Å². The highest BCUT2D eigenvalue weighted by Gasteiger charge is 2.21. The summed E-state index contributed by atoms with van der Waals surface area (Å²) < 4.78 is 31.7. The van der Waals surface area contributed by atoms with E-state index in [9.17, 15) is 8.42 Å². The standard InChI is InChI=1S/C12H18N2O3S2/c1-12(2,17-3)8-14-19(15,16)10-6-4-9(5-7-10)11(13)18/h4-7,14H,8H2,1-3H3,(H2,13,18). The van der Waals surface area contributed by atoms with Gasteiger partial charge in [-0.15, -0.1) is 0 Å². The Kier molecular flexibility index (Phi) is 5.03. The smallest absolute Gasteiger partial charge is 0.240 e. The first-order valence-corrected chi connectivity index (χ1v) is 7.52. The van der Waals surface area contributed by atoms with Crippen LogP contribution in [0.15, 0.2) is 29.2 Å². The first kappa shape index (κ1) is 16.0. The molecule has 106 valence electrons. The summed E-state index contributed by atoms with van der Waals surface area (Å²) in [7, 11) is -2.03. The van der Waals surface area contributed by atoms with Crippen LogP contribution in [0.4, 0.5) is 0 Å². The van der Waals surface area contributed by atoms with E-state index in [2.05, 4.69) is 4.72 Å². The maximum Gasteiger partial charge on any atom is 0.240 e. The summed E-state index contributed by atoms with van der Waals surface area (Å²) in [4.78, 5) is 0.400. The third-order valence-electron chi connectivity index (χ3n) is 2.69. The molecule has 0 saturated heterocycles. The van der Waals surface area contributed by atoms with Gasteiger partial charge in [0.25, 0.3) is 0 Å². The van der Waals surface area contributed by atoms with Crippen LogP contribution in [-0.4, -0.2) is 32.7 Å². The zero-order valence-corrected chi connectivity index (χ0v) is 12.8. The average molecular weight is 302 g/mol. The van der Waals surface area contributed by atoms with Crippen molar-refractivity contribution in [3.05, 3.63) is 29.8 Å². The average Bonchev–Trinajstić information content (AvgIpc) is 2.37. The van der Waals surface area contributed by atoms with E-state index < -0.39 is 15.6 Å². The van der Waals surface area contributed by atoms with Crippen molar-refractivity contribution in [3.63, 3.8) is 0 Å². The first-order valence-electron chi connectivity index (χ1n) is 5.63. The molecule has 19 heavy (non-hydrogen) atoms. The molecule has 0 unspecified atom stereocenters. The fourth-order valence-electron chi connectivity index (χ4n) is 1.22. The minimum absolute atomic E-state index is 0.166. The van der Waals surface area contributed by atoms with Crippen LogP contribution >= 0.6 is 12.2 Å². The number of methoxy groups -OCH3 is 1. The highest BCUT2D eigenvalue weighted by atomic mass is 32.2. The van der Waals surface area contributed by atoms with Crippen LogP contribution in [0.5, 0.6) is 0 Å². The van der Waals surface area contributed by atoms with E-state index in [0.717, 1.165) is 0 Å². The molecular weight excluding hydrogens is 284 g/mol. The number of nitrogens with two attached hydrogens (primary N) is 1. The van der Waals surface area contributed by atoms with E-state index in [-0.39, 0.29) is 16.4 Å². The third-order valence-corrected chi connectivity index (χ3v) is 4.34. The molecule has 0 amide bonds. The molecular formula is C12H18N2O3S2. The lowest BCUT2D eigenvalue weighted by molar-refractivity contribution is 0.0276. The minimum atomic E-state index is -3.56. The van der Waals surface area contributed by atoms with Gasteiger partial charge in [-0.1, -0.05) is 24.4 Å². The van der Waals surface area contributed by atoms with Crippen molar-refractivity contribution in [3.8, 4) is 0 Å². The van der Waals surface area contributed by atoms with Gasteiger partial charge in [0.2, 0.25) is 10.0 Å². The van der Waals surface area contributed by atoms with Gasteiger partial charge in [0.1, 0.15) is 4.99 Å². The summed E-state index contributed by atoms with van der Waals surface area (Å²) in [5.74, 6) is 0. The summed E-state index contributed by atoms with van der Waals surface area (Å²) in [6.45, 7) is 3.78. The van der Waals surface area contributed by atoms with Gasteiger partial charge in [0.05, 0.1) is 10.5 Å². The number of nitrogens with one attached hydrogen (secondary N) is 1. The Morgan fingerprint density at radius 2 is 1.89 bits per heavy atom. The number of thiocarbonyl (C=S) groups is 1. The second kappa shape index (κ2) is 5.96. The van der Waals surface area contributed by atoms with Crippen molar-refractivity contribution in [1.29, 1.82) is 0 Å². The Hall–Kier alpha value is -1.02. The molecule has 1 aromatic rings. The topological polar surface area (TPSA) is 81.4 Å². The summed E-state index contributed by atoms with van der Waals surface area (Å²) in [5.41, 5.74) is 5.52. The molecule has 0 heterocycles. The molecule has 0 atom stereocenters. The number of sulfonamides is 1. The van der Waals surface area contributed by atoms with Gasteiger partial charge in [0.15, 0.2) is 0 Å². The molecule has 0 aromatic heterocycles. The molecule has 0 aliphatic carbocycles. The van der Waals surface area contributed by atoms with Crippen molar-refractivity contribution in [1.82, 2.24) is 4.72 Å². The first-order chi connectivity index (χ1) is 8.68. The van der Waals surface area contributed by atoms with E-state index in [0.29, 0.717) is 5.56 Å². The molecule has 0 fully saturated rings. The maximum atomic E-state index is 12.0. The molecule has 7 heteroatoms. The molecule has 3 N–H and O–H groups in total. The van der Waals surface area contributed by atoms with Crippen LogP contribution in [0.2, 0.25) is 0 Å². The lowest BCUT2D eigenvalue weighted by Crippen LogP contribution is -2.39. The van der Waals surface area contributed by atoms with Crippen LogP contribution in [0.1, 0.15) is 19.4 Å². The molecule has 1 aromatic carbocycles. The molecule has 5 nitrogen and oxygen atoms in total. The summed E-state index contributed by atoms with van der Waals surface area (Å²) >= 11 is 4.81. The third kappa shape index (κ3) is 4.54. The van der Waals surface area contributed by atoms with Crippen molar-refractivity contribution in [2.75, 3.05) is 13.7 Å². The lowest BCUT2D eigenvalue weighted by Gasteiger charge is -2.23. The predicted octanol–water partition coefficient (Wildman–Crippen LogP) is 1.02. The second-order valence-electron chi connectivity index (χ2n) is 4.68. The van der Waals surface area contributed by atoms with Crippen molar-refractivity contribution in [2.45, 2.75) is 24.3 Å². The van der Waals surface area contributed by atoms with Gasteiger partial charge in [0, 0.05) is 19.2 Å². The summed E-state index contributed by atoms with van der Waals surface area (Å²) in [5, 5.41) is 0. The lowest BCUT2D eigenvalue weighted by atomic mass is 10.1. The monoisotopic (exact) mass is 302 g/mol. The molecule has 1 rings (SSSR count). The van der Waals surface area contributed by atoms with Crippen molar-refractivity contribution >= 4 is 27.2 Å². The van der Waals surface area contributed by atoms with E-state index >= 15 is 0 Å². The van der Waals surface area contributed by atoms with Crippen LogP contribution in [0.25, 0.3) is 0 Å². The Balaban J connectivity index is 2.86. The number of ether oxygens (including phenoxy) is 1. The SMILES string of the molecule is COC(C)(C)CNS(=O)(=O)c1ccc(C(N)=S)cc1. The van der Waals surface area contributed by atoms with Gasteiger partial charge in [-0.25, -0.2) is 13.1 Å². The van der Waals surface area contributed by atoms with Crippen molar-refractivity contribution < 1.29 is 13.2 Å². The van der Waals surface area contributed by atoms with Crippen LogP contribution in [0, 0.1) is 0 Å². The van der Waals surface area contributed by atoms with Gasteiger partial charge in [-0.2, -0.15) is 0 Å². The normalized spacial score (nSPS) is 12.4. The van der Waals surface area contributed by atoms with Crippen LogP contribution in [-0.2, 0) is 14.8 Å². The zero-order valence-electron chi connectivity index (χ0n) is 11.1. The minimum Gasteiger partial charge on any atom is -0.389 e. The molecule has 0 bridgehead atoms.